The van der Waals surface area contributed by atoms with Crippen LogP contribution in [0.4, 0.5) is 0 Å². The monoisotopic (exact) mass is 321 g/mol. The molecule has 0 bridgehead atoms. The third-order valence-corrected chi connectivity index (χ3v) is 5.66. The van der Waals surface area contributed by atoms with E-state index in [9.17, 15) is 0 Å². The van der Waals surface area contributed by atoms with Crippen LogP contribution in [0.2, 0.25) is 0 Å². The summed E-state index contributed by atoms with van der Waals surface area (Å²) in [6.07, 6.45) is 2.62. The average molecular weight is 322 g/mol. The Hall–Kier alpha value is -0.750. The van der Waals surface area contributed by atoms with Crippen LogP contribution in [-0.2, 0) is 6.54 Å². The minimum atomic E-state index is 0.554. The van der Waals surface area contributed by atoms with Crippen molar-refractivity contribution in [2.24, 2.45) is 0 Å². The van der Waals surface area contributed by atoms with Crippen molar-refractivity contribution < 1.29 is 0 Å². The SMILES string of the molecule is CC(C)N(Cc1csc(-c2ccsc2)n1)CC1CCCN1. The van der Waals surface area contributed by atoms with Gasteiger partial charge in [0, 0.05) is 41.5 Å². The largest absolute Gasteiger partial charge is 0.313 e. The summed E-state index contributed by atoms with van der Waals surface area (Å²) in [5, 5.41) is 11.2. The first-order valence-electron chi connectivity index (χ1n) is 7.67. The molecule has 1 saturated heterocycles. The van der Waals surface area contributed by atoms with Gasteiger partial charge in [-0.1, -0.05) is 0 Å². The van der Waals surface area contributed by atoms with Crippen molar-refractivity contribution in [1.82, 2.24) is 15.2 Å². The maximum absolute atomic E-state index is 4.81. The summed E-state index contributed by atoms with van der Waals surface area (Å²) in [6.45, 7) is 7.82. The number of hydrogen-bond donors (Lipinski definition) is 1. The predicted molar refractivity (Wildman–Crippen MR) is 92.0 cm³/mol. The number of aromatic nitrogens is 1. The Balaban J connectivity index is 1.65. The van der Waals surface area contributed by atoms with Gasteiger partial charge < -0.3 is 5.32 Å². The lowest BCUT2D eigenvalue weighted by molar-refractivity contribution is 0.192. The first-order valence-corrected chi connectivity index (χ1v) is 9.49. The zero-order chi connectivity index (χ0) is 14.7. The van der Waals surface area contributed by atoms with Crippen LogP contribution in [-0.4, -0.2) is 35.1 Å². The first-order chi connectivity index (χ1) is 10.2. The molecule has 0 spiro atoms. The predicted octanol–water partition coefficient (Wildman–Crippen LogP) is 3.83. The Morgan fingerprint density at radius 2 is 2.33 bits per heavy atom. The van der Waals surface area contributed by atoms with Gasteiger partial charge in [0.2, 0.25) is 0 Å². The third-order valence-electron chi connectivity index (χ3n) is 4.03. The van der Waals surface area contributed by atoms with Crippen molar-refractivity contribution in [2.75, 3.05) is 13.1 Å². The fraction of sp³-hybridized carbons (Fsp3) is 0.562. The van der Waals surface area contributed by atoms with E-state index in [0.29, 0.717) is 12.1 Å². The lowest BCUT2D eigenvalue weighted by Gasteiger charge is -2.28. The van der Waals surface area contributed by atoms with E-state index >= 15 is 0 Å². The number of thiazole rings is 1. The Bertz CT molecular complexity index is 542. The molecule has 3 nitrogen and oxygen atoms in total. The van der Waals surface area contributed by atoms with Crippen LogP contribution in [0.15, 0.2) is 22.2 Å². The zero-order valence-corrected chi connectivity index (χ0v) is 14.3. The van der Waals surface area contributed by atoms with Gasteiger partial charge in [-0.25, -0.2) is 4.98 Å². The van der Waals surface area contributed by atoms with E-state index < -0.39 is 0 Å². The fourth-order valence-corrected chi connectivity index (χ4v) is 4.28. The summed E-state index contributed by atoms with van der Waals surface area (Å²) in [6, 6.07) is 3.36. The van der Waals surface area contributed by atoms with Crippen LogP contribution in [0.3, 0.4) is 0 Å². The number of nitrogens with one attached hydrogen (secondary N) is 1. The molecule has 1 aliphatic rings. The highest BCUT2D eigenvalue weighted by Crippen LogP contribution is 2.26. The van der Waals surface area contributed by atoms with Crippen molar-refractivity contribution in [3.63, 3.8) is 0 Å². The van der Waals surface area contributed by atoms with Gasteiger partial charge in [-0.3, -0.25) is 4.90 Å². The van der Waals surface area contributed by atoms with Crippen molar-refractivity contribution in [3.8, 4) is 10.6 Å². The minimum absolute atomic E-state index is 0.554. The molecule has 1 fully saturated rings. The molecule has 0 saturated carbocycles. The van der Waals surface area contributed by atoms with Gasteiger partial charge in [0.15, 0.2) is 0 Å². The molecule has 2 aromatic rings. The van der Waals surface area contributed by atoms with Crippen molar-refractivity contribution in [1.29, 1.82) is 0 Å². The highest BCUT2D eigenvalue weighted by molar-refractivity contribution is 7.14. The highest BCUT2D eigenvalue weighted by Gasteiger charge is 2.20. The summed E-state index contributed by atoms with van der Waals surface area (Å²) in [7, 11) is 0. The Morgan fingerprint density at radius 3 is 3.00 bits per heavy atom. The van der Waals surface area contributed by atoms with E-state index in [1.165, 1.54) is 30.6 Å². The van der Waals surface area contributed by atoms with Crippen molar-refractivity contribution in [3.05, 3.63) is 27.9 Å². The molecule has 1 N–H and O–H groups in total. The molecule has 1 aliphatic heterocycles. The highest BCUT2D eigenvalue weighted by atomic mass is 32.1. The molecule has 5 heteroatoms. The van der Waals surface area contributed by atoms with Crippen molar-refractivity contribution >= 4 is 22.7 Å². The van der Waals surface area contributed by atoms with Crippen LogP contribution < -0.4 is 5.32 Å². The molecule has 0 amide bonds. The van der Waals surface area contributed by atoms with Crippen LogP contribution in [0, 0.1) is 0 Å². The number of rotatable bonds is 6. The van der Waals surface area contributed by atoms with Gasteiger partial charge in [-0.15, -0.1) is 11.3 Å². The normalized spacial score (nSPS) is 19.0. The molecule has 21 heavy (non-hydrogen) atoms. The van der Waals surface area contributed by atoms with E-state index in [-0.39, 0.29) is 0 Å². The zero-order valence-electron chi connectivity index (χ0n) is 12.7. The van der Waals surface area contributed by atoms with E-state index in [4.69, 9.17) is 4.98 Å². The maximum atomic E-state index is 4.81. The van der Waals surface area contributed by atoms with Crippen LogP contribution >= 0.6 is 22.7 Å². The smallest absolute Gasteiger partial charge is 0.124 e. The average Bonchev–Trinajstić information content (AvgIpc) is 3.20. The topological polar surface area (TPSA) is 28.2 Å². The quantitative estimate of drug-likeness (QED) is 0.876. The molecular formula is C16H23N3S2. The van der Waals surface area contributed by atoms with E-state index in [2.05, 4.69) is 46.3 Å². The third kappa shape index (κ3) is 3.92. The molecular weight excluding hydrogens is 298 g/mol. The second kappa shape index (κ2) is 7.01. The lowest BCUT2D eigenvalue weighted by Crippen LogP contribution is -2.40. The van der Waals surface area contributed by atoms with Gasteiger partial charge in [-0.2, -0.15) is 11.3 Å². The molecule has 1 unspecified atom stereocenters. The summed E-state index contributed by atoms with van der Waals surface area (Å²) < 4.78 is 0. The fourth-order valence-electron chi connectivity index (χ4n) is 2.76. The maximum Gasteiger partial charge on any atom is 0.124 e. The summed E-state index contributed by atoms with van der Waals surface area (Å²) in [5.74, 6) is 0. The summed E-state index contributed by atoms with van der Waals surface area (Å²) >= 11 is 3.49. The molecule has 2 aromatic heterocycles. The van der Waals surface area contributed by atoms with Gasteiger partial charge >= 0.3 is 0 Å². The second-order valence-corrected chi connectivity index (χ2v) is 7.61. The second-order valence-electron chi connectivity index (χ2n) is 5.97. The van der Waals surface area contributed by atoms with Gasteiger partial charge in [-0.05, 0) is 44.7 Å². The molecule has 0 aromatic carbocycles. The standard InChI is InChI=1S/C16H23N3S2/c1-12(2)19(8-14-4-3-6-17-14)9-15-11-21-16(18-15)13-5-7-20-10-13/h5,7,10-12,14,17H,3-4,6,8-9H2,1-2H3. The lowest BCUT2D eigenvalue weighted by atomic mass is 10.2. The number of thiophene rings is 1. The van der Waals surface area contributed by atoms with Gasteiger partial charge in [0.1, 0.15) is 5.01 Å². The van der Waals surface area contributed by atoms with E-state index in [1.54, 1.807) is 22.7 Å². The van der Waals surface area contributed by atoms with Crippen LogP contribution in [0.25, 0.3) is 10.6 Å². The number of nitrogens with zero attached hydrogens (tertiary/aromatic N) is 2. The Labute approximate surface area is 135 Å². The van der Waals surface area contributed by atoms with Crippen LogP contribution in [0.1, 0.15) is 32.4 Å². The summed E-state index contributed by atoms with van der Waals surface area (Å²) in [5.41, 5.74) is 2.46. The van der Waals surface area contributed by atoms with E-state index in [0.717, 1.165) is 18.1 Å². The van der Waals surface area contributed by atoms with E-state index in [1.807, 2.05) is 0 Å². The first kappa shape index (κ1) is 15.2. The molecule has 114 valence electrons. The Morgan fingerprint density at radius 1 is 1.43 bits per heavy atom. The summed E-state index contributed by atoms with van der Waals surface area (Å²) in [4.78, 5) is 7.35. The number of hydrogen-bond acceptors (Lipinski definition) is 5. The molecule has 0 radical (unpaired) electrons. The Kier molecular flexibility index (Phi) is 5.06. The molecule has 3 rings (SSSR count). The minimum Gasteiger partial charge on any atom is -0.313 e. The molecule has 0 aliphatic carbocycles. The molecule has 3 heterocycles. The van der Waals surface area contributed by atoms with Crippen LogP contribution in [0.5, 0.6) is 0 Å². The van der Waals surface area contributed by atoms with Crippen molar-refractivity contribution in [2.45, 2.75) is 45.3 Å². The van der Waals surface area contributed by atoms with Gasteiger partial charge in [0.05, 0.1) is 5.69 Å². The van der Waals surface area contributed by atoms with Gasteiger partial charge in [0.25, 0.3) is 0 Å². The molecule has 1 atom stereocenters.